The molecule has 1 heterocycles. The molecule has 5 nitrogen and oxygen atoms in total. The van der Waals surface area contributed by atoms with Gasteiger partial charge in [0.25, 0.3) is 0 Å². The normalized spacial score (nSPS) is 10.1. The number of ketones is 1. The second-order valence-corrected chi connectivity index (χ2v) is 3.50. The summed E-state index contributed by atoms with van der Waals surface area (Å²) >= 11 is 0. The molecular weight excluding hydrogens is 204 g/mol. The minimum absolute atomic E-state index is 0.0531. The van der Waals surface area contributed by atoms with Gasteiger partial charge in [-0.1, -0.05) is 0 Å². The Morgan fingerprint density at radius 2 is 1.69 bits per heavy atom. The first-order chi connectivity index (χ1) is 7.62. The number of hydrogen-bond donors (Lipinski definition) is 3. The number of rotatable bonds is 5. The maximum absolute atomic E-state index is 11.7. The van der Waals surface area contributed by atoms with E-state index in [1.54, 1.807) is 6.92 Å². The molecule has 5 heteroatoms. The second kappa shape index (κ2) is 4.92. The van der Waals surface area contributed by atoms with Crippen LogP contribution in [0.15, 0.2) is 0 Å². The molecular formula is C11H20N4O. The van der Waals surface area contributed by atoms with Gasteiger partial charge in [-0.15, -0.1) is 0 Å². The second-order valence-electron chi connectivity index (χ2n) is 3.50. The molecule has 0 aromatic carbocycles. The van der Waals surface area contributed by atoms with E-state index >= 15 is 0 Å². The van der Waals surface area contributed by atoms with Gasteiger partial charge in [0.2, 0.25) is 0 Å². The summed E-state index contributed by atoms with van der Waals surface area (Å²) in [5, 5.41) is 9.29. The van der Waals surface area contributed by atoms with Crippen LogP contribution in [0.4, 0.5) is 17.3 Å². The van der Waals surface area contributed by atoms with Crippen LogP contribution in [0, 0.1) is 0 Å². The third kappa shape index (κ3) is 1.73. The lowest BCUT2D eigenvalue weighted by atomic mass is 10.2. The Balaban J connectivity index is 3.56. The van der Waals surface area contributed by atoms with E-state index in [4.69, 9.17) is 0 Å². The predicted molar refractivity (Wildman–Crippen MR) is 68.8 cm³/mol. The largest absolute Gasteiger partial charge is 0.384 e. The molecule has 1 aromatic heterocycles. The van der Waals surface area contributed by atoms with Crippen molar-refractivity contribution in [1.29, 1.82) is 0 Å². The lowest BCUT2D eigenvalue weighted by Gasteiger charge is -2.10. The molecule has 3 N–H and O–H groups in total. The number of hydrogen-bond acceptors (Lipinski definition) is 4. The van der Waals surface area contributed by atoms with E-state index in [9.17, 15) is 4.79 Å². The molecule has 0 saturated carbocycles. The van der Waals surface area contributed by atoms with Gasteiger partial charge in [-0.3, -0.25) is 4.79 Å². The Labute approximate surface area is 96.2 Å². The standard InChI is InChI=1S/C11H20N4O/c1-6-15-10(13-4)8(7(2)16)9(12-3)11(15)14-5/h12-14H,6H2,1-5H3. The molecule has 0 spiro atoms. The summed E-state index contributed by atoms with van der Waals surface area (Å²) in [4.78, 5) is 11.7. The van der Waals surface area contributed by atoms with Crippen molar-refractivity contribution >= 4 is 23.1 Å². The minimum atomic E-state index is 0.0531. The van der Waals surface area contributed by atoms with Gasteiger partial charge in [-0.2, -0.15) is 0 Å². The number of Topliss-reactive ketones (excluding diaryl/α,β-unsaturated/α-hetero) is 1. The number of aromatic nitrogens is 1. The minimum Gasteiger partial charge on any atom is -0.384 e. The van der Waals surface area contributed by atoms with Crippen molar-refractivity contribution in [3.63, 3.8) is 0 Å². The highest BCUT2D eigenvalue weighted by atomic mass is 16.1. The monoisotopic (exact) mass is 224 g/mol. The Kier molecular flexibility index (Phi) is 3.82. The Morgan fingerprint density at radius 3 is 2.00 bits per heavy atom. The molecule has 0 atom stereocenters. The summed E-state index contributed by atoms with van der Waals surface area (Å²) in [6, 6.07) is 0. The van der Waals surface area contributed by atoms with Gasteiger partial charge in [0.1, 0.15) is 11.6 Å². The highest BCUT2D eigenvalue weighted by Gasteiger charge is 2.22. The fourth-order valence-electron chi connectivity index (χ4n) is 2.04. The van der Waals surface area contributed by atoms with Crippen molar-refractivity contribution < 1.29 is 4.79 Å². The van der Waals surface area contributed by atoms with Crippen molar-refractivity contribution in [2.45, 2.75) is 20.4 Å². The molecule has 0 saturated heterocycles. The number of nitrogens with zero attached hydrogens (tertiary/aromatic N) is 1. The molecule has 1 aromatic rings. The highest BCUT2D eigenvalue weighted by Crippen LogP contribution is 2.36. The summed E-state index contributed by atoms with van der Waals surface area (Å²) in [7, 11) is 5.50. The van der Waals surface area contributed by atoms with Gasteiger partial charge in [0.15, 0.2) is 5.78 Å². The Bertz CT molecular complexity index is 366. The lowest BCUT2D eigenvalue weighted by molar-refractivity contribution is 0.101. The van der Waals surface area contributed by atoms with Gasteiger partial charge >= 0.3 is 0 Å². The summed E-state index contributed by atoms with van der Waals surface area (Å²) in [6.45, 7) is 4.43. The van der Waals surface area contributed by atoms with Crippen molar-refractivity contribution in [1.82, 2.24) is 4.57 Å². The van der Waals surface area contributed by atoms with Crippen LogP contribution in [-0.2, 0) is 6.54 Å². The van der Waals surface area contributed by atoms with E-state index in [1.807, 2.05) is 32.6 Å². The Hall–Kier alpha value is -1.65. The maximum atomic E-state index is 11.7. The Morgan fingerprint density at radius 1 is 1.12 bits per heavy atom. The van der Waals surface area contributed by atoms with Gasteiger partial charge < -0.3 is 20.5 Å². The average molecular weight is 224 g/mol. The van der Waals surface area contributed by atoms with Crippen LogP contribution in [0.3, 0.4) is 0 Å². The van der Waals surface area contributed by atoms with Gasteiger partial charge in [0.05, 0.1) is 11.3 Å². The zero-order valence-corrected chi connectivity index (χ0v) is 10.6. The summed E-state index contributed by atoms with van der Waals surface area (Å²) < 4.78 is 2.04. The number of anilines is 3. The molecule has 0 aliphatic carbocycles. The number of nitrogens with one attached hydrogen (secondary N) is 3. The van der Waals surface area contributed by atoms with Crippen LogP contribution in [0.1, 0.15) is 24.2 Å². The lowest BCUT2D eigenvalue weighted by Crippen LogP contribution is -2.06. The van der Waals surface area contributed by atoms with Crippen LogP contribution in [0.5, 0.6) is 0 Å². The van der Waals surface area contributed by atoms with Crippen molar-refractivity contribution in [3.8, 4) is 0 Å². The first kappa shape index (κ1) is 12.4. The van der Waals surface area contributed by atoms with E-state index in [2.05, 4.69) is 16.0 Å². The fraction of sp³-hybridized carbons (Fsp3) is 0.545. The topological polar surface area (TPSA) is 58.1 Å². The predicted octanol–water partition coefficient (Wildman–Crippen LogP) is 1.84. The van der Waals surface area contributed by atoms with Crippen LogP contribution >= 0.6 is 0 Å². The van der Waals surface area contributed by atoms with Crippen molar-refractivity contribution in [3.05, 3.63) is 5.56 Å². The van der Waals surface area contributed by atoms with E-state index in [-0.39, 0.29) is 5.78 Å². The zero-order valence-electron chi connectivity index (χ0n) is 10.6. The van der Waals surface area contributed by atoms with Crippen LogP contribution in [0.2, 0.25) is 0 Å². The van der Waals surface area contributed by atoms with Gasteiger partial charge in [-0.25, -0.2) is 0 Å². The summed E-state index contributed by atoms with van der Waals surface area (Å²) in [5.41, 5.74) is 1.55. The molecule has 16 heavy (non-hydrogen) atoms. The van der Waals surface area contributed by atoms with E-state index in [1.165, 1.54) is 0 Å². The van der Waals surface area contributed by atoms with Gasteiger partial charge in [-0.05, 0) is 13.8 Å². The third-order valence-electron chi connectivity index (χ3n) is 2.66. The summed E-state index contributed by atoms with van der Waals surface area (Å²) in [6.07, 6.45) is 0. The average Bonchev–Trinajstić information content (AvgIpc) is 2.60. The molecule has 90 valence electrons. The molecule has 0 bridgehead atoms. The summed E-state index contributed by atoms with van der Waals surface area (Å²) in [5.74, 6) is 1.83. The molecule has 0 unspecified atom stereocenters. The van der Waals surface area contributed by atoms with Crippen molar-refractivity contribution in [2.24, 2.45) is 0 Å². The SMILES string of the molecule is CCn1c(NC)c(NC)c(C(C)=O)c1NC. The number of carbonyl (C=O) groups is 1. The fourth-order valence-corrected chi connectivity index (χ4v) is 2.04. The smallest absolute Gasteiger partial charge is 0.165 e. The van der Waals surface area contributed by atoms with Crippen LogP contribution < -0.4 is 16.0 Å². The van der Waals surface area contributed by atoms with Crippen LogP contribution in [0.25, 0.3) is 0 Å². The van der Waals surface area contributed by atoms with Gasteiger partial charge in [0, 0.05) is 27.7 Å². The third-order valence-corrected chi connectivity index (χ3v) is 2.66. The molecule has 1 rings (SSSR count). The molecule has 0 radical (unpaired) electrons. The maximum Gasteiger partial charge on any atom is 0.165 e. The van der Waals surface area contributed by atoms with Crippen molar-refractivity contribution in [2.75, 3.05) is 37.1 Å². The first-order valence-electron chi connectivity index (χ1n) is 5.42. The zero-order chi connectivity index (χ0) is 12.3. The molecule has 0 fully saturated rings. The first-order valence-corrected chi connectivity index (χ1v) is 5.42. The quantitative estimate of drug-likeness (QED) is 0.668. The number of carbonyl (C=O) groups excluding carboxylic acids is 1. The molecule has 0 aliphatic rings. The van der Waals surface area contributed by atoms with Crippen LogP contribution in [-0.4, -0.2) is 31.5 Å². The molecule has 0 aliphatic heterocycles. The van der Waals surface area contributed by atoms with E-state index < -0.39 is 0 Å². The van der Waals surface area contributed by atoms with E-state index in [0.717, 1.165) is 23.9 Å². The van der Waals surface area contributed by atoms with E-state index in [0.29, 0.717) is 5.56 Å². The molecule has 0 amide bonds. The highest BCUT2D eigenvalue weighted by molar-refractivity contribution is 6.07.